The van der Waals surface area contributed by atoms with Gasteiger partial charge in [-0.1, -0.05) is 30.3 Å². The Morgan fingerprint density at radius 3 is 2.65 bits per heavy atom. The zero-order valence-corrected chi connectivity index (χ0v) is 12.7. The fourth-order valence-corrected chi connectivity index (χ4v) is 2.22. The van der Waals surface area contributed by atoms with Gasteiger partial charge in [0.15, 0.2) is 5.69 Å². The van der Waals surface area contributed by atoms with Gasteiger partial charge in [-0.05, 0) is 5.56 Å². The first-order valence-electron chi connectivity index (χ1n) is 6.94. The fourth-order valence-electron chi connectivity index (χ4n) is 2.22. The number of methoxy groups -OCH3 is 1. The standard InChI is InChI=1S/C16H15N3O4/c1-18-8-9-19-14(20)13(12(15(21)22-2)17-16(18)19)23-10-11-6-4-3-5-7-11/h3-9H,10H2,1-2H3. The molecule has 0 saturated heterocycles. The third-order valence-corrected chi connectivity index (χ3v) is 3.41. The van der Waals surface area contributed by atoms with E-state index in [0.29, 0.717) is 5.78 Å². The van der Waals surface area contributed by atoms with Crippen LogP contribution in [0.5, 0.6) is 5.75 Å². The highest BCUT2D eigenvalue weighted by Gasteiger charge is 2.22. The number of ether oxygens (including phenoxy) is 2. The lowest BCUT2D eigenvalue weighted by Crippen LogP contribution is -2.22. The van der Waals surface area contributed by atoms with E-state index >= 15 is 0 Å². The van der Waals surface area contributed by atoms with Crippen LogP contribution in [0.15, 0.2) is 47.5 Å². The summed E-state index contributed by atoms with van der Waals surface area (Å²) in [6, 6.07) is 9.35. The van der Waals surface area contributed by atoms with E-state index in [0.717, 1.165) is 5.56 Å². The summed E-state index contributed by atoms with van der Waals surface area (Å²) in [5, 5.41) is 0. The van der Waals surface area contributed by atoms with E-state index in [1.165, 1.54) is 11.5 Å². The molecule has 0 spiro atoms. The summed E-state index contributed by atoms with van der Waals surface area (Å²) in [6.07, 6.45) is 3.24. The van der Waals surface area contributed by atoms with Crippen LogP contribution in [-0.2, 0) is 18.4 Å². The van der Waals surface area contributed by atoms with E-state index < -0.39 is 11.5 Å². The van der Waals surface area contributed by atoms with Crippen LogP contribution in [0.25, 0.3) is 5.78 Å². The number of benzene rings is 1. The number of fused-ring (bicyclic) bond motifs is 1. The normalized spacial score (nSPS) is 10.7. The summed E-state index contributed by atoms with van der Waals surface area (Å²) in [5.41, 5.74) is 0.294. The lowest BCUT2D eigenvalue weighted by Gasteiger charge is -2.10. The number of hydrogen-bond acceptors (Lipinski definition) is 5. The molecule has 0 aliphatic heterocycles. The lowest BCUT2D eigenvalue weighted by molar-refractivity contribution is 0.0588. The van der Waals surface area contributed by atoms with Crippen molar-refractivity contribution in [3.05, 3.63) is 64.3 Å². The van der Waals surface area contributed by atoms with E-state index in [2.05, 4.69) is 4.98 Å². The van der Waals surface area contributed by atoms with Gasteiger partial charge in [0, 0.05) is 19.4 Å². The van der Waals surface area contributed by atoms with Crippen molar-refractivity contribution in [2.75, 3.05) is 7.11 Å². The lowest BCUT2D eigenvalue weighted by atomic mass is 10.2. The van der Waals surface area contributed by atoms with Gasteiger partial charge in [-0.25, -0.2) is 14.2 Å². The molecule has 2 heterocycles. The van der Waals surface area contributed by atoms with Crippen molar-refractivity contribution >= 4 is 11.7 Å². The largest absolute Gasteiger partial charge is 0.481 e. The molecular weight excluding hydrogens is 298 g/mol. The Kier molecular flexibility index (Phi) is 3.84. The zero-order valence-electron chi connectivity index (χ0n) is 12.7. The number of hydrogen-bond donors (Lipinski definition) is 0. The van der Waals surface area contributed by atoms with Gasteiger partial charge >= 0.3 is 11.5 Å². The summed E-state index contributed by atoms with van der Waals surface area (Å²) in [4.78, 5) is 28.7. The van der Waals surface area contributed by atoms with Crippen molar-refractivity contribution in [1.29, 1.82) is 0 Å². The molecular formula is C16H15N3O4. The third-order valence-electron chi connectivity index (χ3n) is 3.41. The van der Waals surface area contributed by atoms with Gasteiger partial charge in [0.2, 0.25) is 11.5 Å². The van der Waals surface area contributed by atoms with E-state index in [4.69, 9.17) is 9.47 Å². The first-order chi connectivity index (χ1) is 11.1. The van der Waals surface area contributed by atoms with Crippen molar-refractivity contribution < 1.29 is 14.3 Å². The number of aromatic nitrogens is 3. The average Bonchev–Trinajstić information content (AvgIpc) is 2.95. The van der Waals surface area contributed by atoms with Gasteiger partial charge in [-0.2, -0.15) is 0 Å². The third kappa shape index (κ3) is 2.68. The molecule has 0 N–H and O–H groups in total. The van der Waals surface area contributed by atoms with Crippen molar-refractivity contribution in [3.63, 3.8) is 0 Å². The number of carbonyl (C=O) groups is 1. The Morgan fingerprint density at radius 2 is 1.96 bits per heavy atom. The molecule has 7 nitrogen and oxygen atoms in total. The summed E-state index contributed by atoms with van der Waals surface area (Å²) in [7, 11) is 2.96. The maximum absolute atomic E-state index is 12.6. The van der Waals surface area contributed by atoms with Gasteiger partial charge in [-0.15, -0.1) is 0 Å². The molecule has 2 aromatic heterocycles. The van der Waals surface area contributed by atoms with Gasteiger partial charge < -0.3 is 14.0 Å². The second kappa shape index (κ2) is 5.96. The number of rotatable bonds is 4. The molecule has 7 heteroatoms. The van der Waals surface area contributed by atoms with E-state index in [9.17, 15) is 9.59 Å². The minimum atomic E-state index is -0.714. The molecule has 0 aliphatic rings. The Labute approximate surface area is 131 Å². The van der Waals surface area contributed by atoms with Crippen molar-refractivity contribution in [2.45, 2.75) is 6.61 Å². The molecule has 0 saturated carbocycles. The second-order valence-corrected chi connectivity index (χ2v) is 4.94. The SMILES string of the molecule is COC(=O)c1nc2n(C)ccn2c(=O)c1OCc1ccccc1. The van der Waals surface area contributed by atoms with Crippen LogP contribution in [0.4, 0.5) is 0 Å². The number of esters is 1. The van der Waals surface area contributed by atoms with Crippen molar-refractivity contribution in [2.24, 2.45) is 7.05 Å². The van der Waals surface area contributed by atoms with Gasteiger partial charge in [0.25, 0.3) is 0 Å². The maximum atomic E-state index is 12.6. The van der Waals surface area contributed by atoms with E-state index in [1.807, 2.05) is 30.3 Å². The van der Waals surface area contributed by atoms with Gasteiger partial charge in [0.05, 0.1) is 7.11 Å². The number of carbonyl (C=O) groups excluding carboxylic acids is 1. The first kappa shape index (κ1) is 14.8. The molecule has 1 aromatic carbocycles. The fraction of sp³-hybridized carbons (Fsp3) is 0.188. The van der Waals surface area contributed by atoms with Crippen LogP contribution in [0.1, 0.15) is 16.1 Å². The molecule has 118 valence electrons. The molecule has 0 fully saturated rings. The van der Waals surface area contributed by atoms with Crippen LogP contribution in [0.2, 0.25) is 0 Å². The highest BCUT2D eigenvalue weighted by Crippen LogP contribution is 2.15. The highest BCUT2D eigenvalue weighted by atomic mass is 16.5. The van der Waals surface area contributed by atoms with Crippen molar-refractivity contribution in [1.82, 2.24) is 14.0 Å². The topological polar surface area (TPSA) is 74.8 Å². The number of imidazole rings is 1. The predicted molar refractivity (Wildman–Crippen MR) is 82.5 cm³/mol. The minimum absolute atomic E-state index is 0.121. The average molecular weight is 313 g/mol. The Balaban J connectivity index is 2.08. The van der Waals surface area contributed by atoms with Crippen LogP contribution < -0.4 is 10.3 Å². The quantitative estimate of drug-likeness (QED) is 0.681. The highest BCUT2D eigenvalue weighted by molar-refractivity contribution is 5.90. The zero-order chi connectivity index (χ0) is 16.4. The van der Waals surface area contributed by atoms with Crippen LogP contribution in [0.3, 0.4) is 0 Å². The first-order valence-corrected chi connectivity index (χ1v) is 6.94. The van der Waals surface area contributed by atoms with Crippen LogP contribution in [-0.4, -0.2) is 27.0 Å². The van der Waals surface area contributed by atoms with E-state index in [1.54, 1.807) is 24.0 Å². The monoisotopic (exact) mass is 313 g/mol. The molecule has 0 bridgehead atoms. The molecule has 23 heavy (non-hydrogen) atoms. The molecule has 0 atom stereocenters. The predicted octanol–water partition coefficient (Wildman–Crippen LogP) is 1.40. The summed E-state index contributed by atoms with van der Waals surface area (Å²) in [5.74, 6) is -0.499. The molecule has 0 unspecified atom stereocenters. The molecule has 0 radical (unpaired) electrons. The van der Waals surface area contributed by atoms with Crippen LogP contribution >= 0.6 is 0 Å². The van der Waals surface area contributed by atoms with Crippen LogP contribution in [0, 0.1) is 0 Å². The van der Waals surface area contributed by atoms with Gasteiger partial charge in [0.1, 0.15) is 6.61 Å². The smallest absolute Gasteiger partial charge is 0.360 e. The van der Waals surface area contributed by atoms with Gasteiger partial charge in [-0.3, -0.25) is 4.79 Å². The molecule has 3 rings (SSSR count). The minimum Gasteiger partial charge on any atom is -0.481 e. The van der Waals surface area contributed by atoms with E-state index in [-0.39, 0.29) is 18.1 Å². The van der Waals surface area contributed by atoms with Crippen molar-refractivity contribution in [3.8, 4) is 5.75 Å². The summed E-state index contributed by atoms with van der Waals surface area (Å²) in [6.45, 7) is 0.153. The Morgan fingerprint density at radius 1 is 1.22 bits per heavy atom. The molecule has 0 amide bonds. The number of aryl methyl sites for hydroxylation is 1. The Hall–Kier alpha value is -3.09. The Bertz CT molecular complexity index is 912. The maximum Gasteiger partial charge on any atom is 0.360 e. The second-order valence-electron chi connectivity index (χ2n) is 4.94. The number of nitrogens with zero attached hydrogens (tertiary/aromatic N) is 3. The summed E-state index contributed by atoms with van der Waals surface area (Å²) < 4.78 is 13.3. The molecule has 0 aliphatic carbocycles. The molecule has 3 aromatic rings. The summed E-state index contributed by atoms with van der Waals surface area (Å²) >= 11 is 0.